The number of amides is 1. The second-order valence-corrected chi connectivity index (χ2v) is 4.64. The van der Waals surface area contributed by atoms with Crippen LogP contribution in [-0.4, -0.2) is 10.9 Å². The molecule has 0 saturated heterocycles. The Morgan fingerprint density at radius 1 is 1.25 bits per heavy atom. The van der Waals surface area contributed by atoms with Crippen molar-refractivity contribution >= 4 is 45.4 Å². The Morgan fingerprint density at radius 3 is 2.70 bits per heavy atom. The first-order valence-corrected chi connectivity index (χ1v) is 5.97. The number of pyridine rings is 1. The summed E-state index contributed by atoms with van der Waals surface area (Å²) < 4.78 is 5.54. The van der Waals surface area contributed by atoms with Crippen LogP contribution in [0.5, 0.6) is 0 Å². The Bertz CT molecular complexity index is 933. The number of nitrogens with zero attached hydrogens (tertiary/aromatic N) is 1. The van der Waals surface area contributed by atoms with Crippen LogP contribution in [0, 0.1) is 0 Å². The number of hydrogen-bond acceptors (Lipinski definition) is 5. The molecule has 20 heavy (non-hydrogen) atoms. The molecule has 2 aromatic heterocycles. The van der Waals surface area contributed by atoms with Crippen molar-refractivity contribution in [2.24, 2.45) is 5.73 Å². The van der Waals surface area contributed by atoms with Gasteiger partial charge in [0.25, 0.3) is 5.91 Å². The zero-order valence-electron chi connectivity index (χ0n) is 10.0. The normalized spacial score (nSPS) is 11.1. The molecule has 4 N–H and O–H groups in total. The molecule has 1 aromatic carbocycles. The fourth-order valence-corrected chi connectivity index (χ4v) is 2.13. The lowest BCUT2D eigenvalue weighted by Crippen LogP contribution is -2.16. The number of nitrogens with two attached hydrogens (primary N) is 2. The summed E-state index contributed by atoms with van der Waals surface area (Å²) in [6.07, 6.45) is 0. The quantitative estimate of drug-likeness (QED) is 0.662. The van der Waals surface area contributed by atoms with Gasteiger partial charge in [0.15, 0.2) is 11.1 Å². The minimum atomic E-state index is -0.740. The van der Waals surface area contributed by atoms with E-state index in [4.69, 9.17) is 27.5 Å². The molecular formula is C13H8ClN3O3. The molecule has 0 radical (unpaired) electrons. The van der Waals surface area contributed by atoms with Crippen molar-refractivity contribution in [3.8, 4) is 0 Å². The highest BCUT2D eigenvalue weighted by Gasteiger charge is 2.15. The van der Waals surface area contributed by atoms with E-state index >= 15 is 0 Å². The summed E-state index contributed by atoms with van der Waals surface area (Å²) >= 11 is 5.85. The third kappa shape index (κ3) is 1.78. The van der Waals surface area contributed by atoms with Crippen molar-refractivity contribution in [1.82, 2.24) is 4.98 Å². The van der Waals surface area contributed by atoms with Gasteiger partial charge in [0.05, 0.1) is 10.9 Å². The van der Waals surface area contributed by atoms with Crippen LogP contribution in [0.3, 0.4) is 0 Å². The molecule has 2 heterocycles. The van der Waals surface area contributed by atoms with E-state index in [0.29, 0.717) is 16.0 Å². The zero-order chi connectivity index (χ0) is 14.4. The van der Waals surface area contributed by atoms with Gasteiger partial charge in [-0.1, -0.05) is 11.6 Å². The Morgan fingerprint density at radius 2 is 2.00 bits per heavy atom. The van der Waals surface area contributed by atoms with Crippen molar-refractivity contribution in [2.75, 3.05) is 5.73 Å². The van der Waals surface area contributed by atoms with Gasteiger partial charge in [0, 0.05) is 5.02 Å². The van der Waals surface area contributed by atoms with Crippen LogP contribution in [-0.2, 0) is 0 Å². The topological polar surface area (TPSA) is 112 Å². The molecule has 0 atom stereocenters. The summed E-state index contributed by atoms with van der Waals surface area (Å²) in [5.41, 5.74) is 10.9. The first-order chi connectivity index (χ1) is 9.47. The molecule has 0 spiro atoms. The highest BCUT2D eigenvalue weighted by molar-refractivity contribution is 6.31. The maximum absolute atomic E-state index is 12.3. The molecule has 7 heteroatoms. The summed E-state index contributed by atoms with van der Waals surface area (Å²) in [7, 11) is 0. The van der Waals surface area contributed by atoms with Crippen molar-refractivity contribution in [1.29, 1.82) is 0 Å². The lowest BCUT2D eigenvalue weighted by atomic mass is 10.1. The van der Waals surface area contributed by atoms with Gasteiger partial charge in [-0.3, -0.25) is 9.59 Å². The van der Waals surface area contributed by atoms with Crippen molar-refractivity contribution in [3.63, 3.8) is 0 Å². The summed E-state index contributed by atoms with van der Waals surface area (Å²) in [6, 6.07) is 5.97. The minimum absolute atomic E-state index is 0.00830. The van der Waals surface area contributed by atoms with E-state index in [-0.39, 0.29) is 27.9 Å². The van der Waals surface area contributed by atoms with Gasteiger partial charge in [0.2, 0.25) is 5.43 Å². The zero-order valence-corrected chi connectivity index (χ0v) is 10.8. The number of fused-ring (bicyclic) bond motifs is 2. The summed E-state index contributed by atoms with van der Waals surface area (Å²) in [4.78, 5) is 27.4. The van der Waals surface area contributed by atoms with Crippen molar-refractivity contribution in [2.45, 2.75) is 0 Å². The third-order valence-corrected chi connectivity index (χ3v) is 3.14. The third-order valence-electron chi connectivity index (χ3n) is 2.90. The summed E-state index contributed by atoms with van der Waals surface area (Å²) in [5.74, 6) is -0.852. The first-order valence-electron chi connectivity index (χ1n) is 5.60. The van der Waals surface area contributed by atoms with E-state index in [1.165, 1.54) is 12.1 Å². The van der Waals surface area contributed by atoms with Crippen molar-refractivity contribution in [3.05, 3.63) is 45.1 Å². The molecule has 0 aliphatic rings. The molecule has 0 aliphatic heterocycles. The van der Waals surface area contributed by atoms with Gasteiger partial charge in [0.1, 0.15) is 11.4 Å². The van der Waals surface area contributed by atoms with Crippen LogP contribution in [0.25, 0.3) is 22.1 Å². The molecule has 6 nitrogen and oxygen atoms in total. The van der Waals surface area contributed by atoms with Gasteiger partial charge in [-0.15, -0.1) is 0 Å². The van der Waals surface area contributed by atoms with Gasteiger partial charge >= 0.3 is 0 Å². The standard InChI is InChI=1S/C13H8ClN3O3/c14-5-1-2-8-6(3-5)11(18)10-9(20-8)4-7(13(16)19)12(15)17-10/h1-4H,(H2,15,17)(H2,16,19). The maximum atomic E-state index is 12.3. The maximum Gasteiger partial charge on any atom is 0.252 e. The van der Waals surface area contributed by atoms with Crippen LogP contribution in [0.4, 0.5) is 5.82 Å². The fourth-order valence-electron chi connectivity index (χ4n) is 1.96. The van der Waals surface area contributed by atoms with Crippen LogP contribution in [0.15, 0.2) is 33.5 Å². The van der Waals surface area contributed by atoms with E-state index in [0.717, 1.165) is 0 Å². The first kappa shape index (κ1) is 12.4. The SMILES string of the molecule is NC(=O)c1cc2oc3ccc(Cl)cc3c(=O)c2nc1N. The Hall–Kier alpha value is -2.60. The van der Waals surface area contributed by atoms with E-state index < -0.39 is 5.91 Å². The average molecular weight is 290 g/mol. The molecule has 0 saturated carbocycles. The molecule has 100 valence electrons. The number of carbonyl (C=O) groups is 1. The number of hydrogen-bond donors (Lipinski definition) is 2. The lowest BCUT2D eigenvalue weighted by molar-refractivity contribution is 0.100. The Labute approximate surface area is 116 Å². The number of nitrogen functional groups attached to an aromatic ring is 1. The molecule has 0 aliphatic carbocycles. The number of anilines is 1. The second-order valence-electron chi connectivity index (χ2n) is 4.20. The Kier molecular flexibility index (Phi) is 2.62. The van der Waals surface area contributed by atoms with Gasteiger partial charge in [-0.25, -0.2) is 4.98 Å². The highest BCUT2D eigenvalue weighted by Crippen LogP contribution is 2.22. The Balaban J connectivity index is 2.50. The number of benzene rings is 1. The molecule has 1 amide bonds. The number of halogens is 1. The molecule has 3 rings (SSSR count). The van der Waals surface area contributed by atoms with Gasteiger partial charge in [-0.2, -0.15) is 0 Å². The summed E-state index contributed by atoms with van der Waals surface area (Å²) in [6.45, 7) is 0. The van der Waals surface area contributed by atoms with Crippen LogP contribution in [0.1, 0.15) is 10.4 Å². The van der Waals surface area contributed by atoms with Gasteiger partial charge < -0.3 is 15.9 Å². The number of primary amides is 1. The lowest BCUT2D eigenvalue weighted by Gasteiger charge is -2.05. The molecule has 0 fully saturated rings. The fraction of sp³-hybridized carbons (Fsp3) is 0. The van der Waals surface area contributed by atoms with Crippen LogP contribution < -0.4 is 16.9 Å². The molecule has 3 aromatic rings. The number of carbonyl (C=O) groups excluding carboxylic acids is 1. The predicted molar refractivity (Wildman–Crippen MR) is 75.7 cm³/mol. The monoisotopic (exact) mass is 289 g/mol. The molecule has 0 unspecified atom stereocenters. The summed E-state index contributed by atoms with van der Waals surface area (Å²) in [5, 5.41) is 0.703. The van der Waals surface area contributed by atoms with E-state index in [1.807, 2.05) is 0 Å². The highest BCUT2D eigenvalue weighted by atomic mass is 35.5. The molecular weight excluding hydrogens is 282 g/mol. The minimum Gasteiger partial charge on any atom is -0.454 e. The largest absolute Gasteiger partial charge is 0.454 e. The number of aromatic nitrogens is 1. The smallest absolute Gasteiger partial charge is 0.252 e. The van der Waals surface area contributed by atoms with Crippen LogP contribution in [0.2, 0.25) is 5.02 Å². The predicted octanol–water partition coefficient (Wildman–Crippen LogP) is 1.68. The van der Waals surface area contributed by atoms with Crippen molar-refractivity contribution < 1.29 is 9.21 Å². The van der Waals surface area contributed by atoms with E-state index in [9.17, 15) is 9.59 Å². The number of rotatable bonds is 1. The second kappa shape index (κ2) is 4.21. The van der Waals surface area contributed by atoms with E-state index in [2.05, 4.69) is 4.98 Å². The average Bonchev–Trinajstić information content (AvgIpc) is 2.40. The van der Waals surface area contributed by atoms with Crippen LogP contribution >= 0.6 is 11.6 Å². The molecule has 0 bridgehead atoms. The van der Waals surface area contributed by atoms with E-state index in [1.54, 1.807) is 12.1 Å². The van der Waals surface area contributed by atoms with Gasteiger partial charge in [-0.05, 0) is 24.3 Å².